The fourth-order valence-electron chi connectivity index (χ4n) is 2.51. The van der Waals surface area contributed by atoms with Crippen LogP contribution in [0.25, 0.3) is 0 Å². The number of nitrogens with one attached hydrogen (secondary N) is 1. The van der Waals surface area contributed by atoms with Gasteiger partial charge >= 0.3 is 0 Å². The molecule has 1 heterocycles. The minimum atomic E-state index is 0.264. The normalized spacial score (nSPS) is 12.5. The van der Waals surface area contributed by atoms with Gasteiger partial charge in [0.2, 0.25) is 0 Å². The van der Waals surface area contributed by atoms with E-state index in [1.807, 2.05) is 0 Å². The minimum Gasteiger partial charge on any atom is -0.378 e. The molecule has 102 valence electrons. The molecule has 2 aromatic rings. The Morgan fingerprint density at radius 2 is 1.89 bits per heavy atom. The smallest absolute Gasteiger partial charge is 0.0649 e. The summed E-state index contributed by atoms with van der Waals surface area (Å²) in [6.07, 6.45) is 0. The molecule has 0 aliphatic rings. The van der Waals surface area contributed by atoms with Crippen molar-refractivity contribution in [1.82, 2.24) is 9.78 Å². The van der Waals surface area contributed by atoms with E-state index in [-0.39, 0.29) is 6.04 Å². The van der Waals surface area contributed by atoms with Gasteiger partial charge in [-0.2, -0.15) is 5.10 Å². The van der Waals surface area contributed by atoms with E-state index in [0.717, 1.165) is 17.9 Å². The van der Waals surface area contributed by atoms with Crippen LogP contribution in [0.2, 0.25) is 0 Å². The Balaban J connectivity index is 2.22. The fourth-order valence-corrected chi connectivity index (χ4v) is 2.87. The van der Waals surface area contributed by atoms with Gasteiger partial charge in [-0.25, -0.2) is 0 Å². The highest BCUT2D eigenvalue weighted by Gasteiger charge is 2.16. The van der Waals surface area contributed by atoms with E-state index in [9.17, 15) is 0 Å². The van der Waals surface area contributed by atoms with E-state index >= 15 is 0 Å². The van der Waals surface area contributed by atoms with Gasteiger partial charge in [0.25, 0.3) is 0 Å². The highest BCUT2D eigenvalue weighted by Crippen LogP contribution is 2.25. The van der Waals surface area contributed by atoms with Crippen LogP contribution in [0, 0.1) is 17.4 Å². The molecule has 1 N–H and O–H groups in total. The van der Waals surface area contributed by atoms with E-state index in [4.69, 9.17) is 0 Å². The summed E-state index contributed by atoms with van der Waals surface area (Å²) in [6.45, 7) is 9.46. The van der Waals surface area contributed by atoms with Crippen LogP contribution >= 0.6 is 22.6 Å². The van der Waals surface area contributed by atoms with Crippen molar-refractivity contribution >= 4 is 28.3 Å². The second kappa shape index (κ2) is 5.94. The summed E-state index contributed by atoms with van der Waals surface area (Å²) in [7, 11) is 0. The molecule has 2 rings (SSSR count). The Labute approximate surface area is 128 Å². The average Bonchev–Trinajstić information content (AvgIpc) is 2.67. The van der Waals surface area contributed by atoms with Gasteiger partial charge in [-0.1, -0.05) is 0 Å². The van der Waals surface area contributed by atoms with Crippen molar-refractivity contribution < 1.29 is 0 Å². The Bertz CT molecular complexity index is 558. The fraction of sp³-hybridized carbons (Fsp3) is 0.400. The predicted molar refractivity (Wildman–Crippen MR) is 88.6 cm³/mol. The standard InChI is InChI=1S/C15H20IN3/c1-5-19-12(4)15(11(3)18-19)10(2)17-14-8-6-13(16)7-9-14/h6-10,17H,5H2,1-4H3. The molecule has 0 bridgehead atoms. The summed E-state index contributed by atoms with van der Waals surface area (Å²) < 4.78 is 3.32. The van der Waals surface area contributed by atoms with E-state index < -0.39 is 0 Å². The number of hydrogen-bond acceptors (Lipinski definition) is 2. The first-order valence-corrected chi connectivity index (χ1v) is 7.66. The maximum atomic E-state index is 4.58. The molecule has 0 aliphatic carbocycles. The van der Waals surface area contributed by atoms with E-state index in [1.165, 1.54) is 14.8 Å². The first-order chi connectivity index (χ1) is 9.02. The molecular weight excluding hydrogens is 349 g/mol. The molecular formula is C15H20IN3. The second-order valence-corrected chi connectivity index (χ2v) is 6.02. The Kier molecular flexibility index (Phi) is 4.50. The summed E-state index contributed by atoms with van der Waals surface area (Å²) in [4.78, 5) is 0. The van der Waals surface area contributed by atoms with Gasteiger partial charge in [-0.05, 0) is 74.6 Å². The molecule has 0 fully saturated rings. The summed E-state index contributed by atoms with van der Waals surface area (Å²) in [6, 6.07) is 8.73. The van der Waals surface area contributed by atoms with Gasteiger partial charge in [-0.3, -0.25) is 4.68 Å². The monoisotopic (exact) mass is 369 g/mol. The first-order valence-electron chi connectivity index (χ1n) is 6.59. The molecule has 4 heteroatoms. The lowest BCUT2D eigenvalue weighted by atomic mass is 10.1. The van der Waals surface area contributed by atoms with Crippen LogP contribution in [-0.2, 0) is 6.54 Å². The van der Waals surface area contributed by atoms with Gasteiger partial charge in [-0.15, -0.1) is 0 Å². The summed E-state index contributed by atoms with van der Waals surface area (Å²) in [5.41, 5.74) is 4.83. The molecule has 19 heavy (non-hydrogen) atoms. The minimum absolute atomic E-state index is 0.264. The quantitative estimate of drug-likeness (QED) is 0.815. The van der Waals surface area contributed by atoms with Crippen molar-refractivity contribution in [3.8, 4) is 0 Å². The highest BCUT2D eigenvalue weighted by atomic mass is 127. The maximum Gasteiger partial charge on any atom is 0.0649 e. The van der Waals surface area contributed by atoms with Gasteiger partial charge in [0, 0.05) is 27.1 Å². The lowest BCUT2D eigenvalue weighted by Gasteiger charge is -2.16. The van der Waals surface area contributed by atoms with Crippen molar-refractivity contribution in [2.45, 2.75) is 40.3 Å². The number of aromatic nitrogens is 2. The van der Waals surface area contributed by atoms with Crippen molar-refractivity contribution in [1.29, 1.82) is 0 Å². The Morgan fingerprint density at radius 3 is 2.42 bits per heavy atom. The molecule has 1 aromatic heterocycles. The zero-order valence-corrected chi connectivity index (χ0v) is 14.0. The molecule has 1 atom stereocenters. The van der Waals surface area contributed by atoms with E-state index in [2.05, 4.69) is 89.6 Å². The maximum absolute atomic E-state index is 4.58. The Hall–Kier alpha value is -1.04. The van der Waals surface area contributed by atoms with Crippen LogP contribution in [0.1, 0.15) is 36.8 Å². The number of hydrogen-bond donors (Lipinski definition) is 1. The van der Waals surface area contributed by atoms with Gasteiger partial charge in [0.15, 0.2) is 0 Å². The van der Waals surface area contributed by atoms with Crippen molar-refractivity contribution in [3.05, 3.63) is 44.8 Å². The number of aryl methyl sites for hydroxylation is 2. The zero-order chi connectivity index (χ0) is 14.0. The molecule has 0 spiro atoms. The van der Waals surface area contributed by atoms with Crippen molar-refractivity contribution in [3.63, 3.8) is 0 Å². The molecule has 0 saturated carbocycles. The molecule has 0 aliphatic heterocycles. The summed E-state index contributed by atoms with van der Waals surface area (Å²) in [5, 5.41) is 8.13. The molecule has 3 nitrogen and oxygen atoms in total. The topological polar surface area (TPSA) is 29.9 Å². The third-order valence-electron chi connectivity index (χ3n) is 3.40. The Morgan fingerprint density at radius 1 is 1.26 bits per heavy atom. The lowest BCUT2D eigenvalue weighted by Crippen LogP contribution is -2.09. The molecule has 1 unspecified atom stereocenters. The number of rotatable bonds is 4. The number of benzene rings is 1. The van der Waals surface area contributed by atoms with Crippen LogP contribution < -0.4 is 5.32 Å². The second-order valence-electron chi connectivity index (χ2n) is 4.77. The van der Waals surface area contributed by atoms with Gasteiger partial charge in [0.05, 0.1) is 11.7 Å². The van der Waals surface area contributed by atoms with Gasteiger partial charge in [0.1, 0.15) is 0 Å². The van der Waals surface area contributed by atoms with Crippen LogP contribution in [0.4, 0.5) is 5.69 Å². The highest BCUT2D eigenvalue weighted by molar-refractivity contribution is 14.1. The van der Waals surface area contributed by atoms with Crippen molar-refractivity contribution in [2.24, 2.45) is 0 Å². The van der Waals surface area contributed by atoms with Crippen LogP contribution in [0.15, 0.2) is 24.3 Å². The van der Waals surface area contributed by atoms with E-state index in [1.54, 1.807) is 0 Å². The lowest BCUT2D eigenvalue weighted by molar-refractivity contribution is 0.632. The van der Waals surface area contributed by atoms with Crippen LogP contribution in [0.3, 0.4) is 0 Å². The largest absolute Gasteiger partial charge is 0.378 e. The van der Waals surface area contributed by atoms with E-state index in [0.29, 0.717) is 0 Å². The molecule has 0 saturated heterocycles. The summed E-state index contributed by atoms with van der Waals surface area (Å²) >= 11 is 2.32. The van der Waals surface area contributed by atoms with Crippen LogP contribution in [0.5, 0.6) is 0 Å². The van der Waals surface area contributed by atoms with Gasteiger partial charge < -0.3 is 5.32 Å². The molecule has 1 aromatic carbocycles. The zero-order valence-electron chi connectivity index (χ0n) is 11.9. The van der Waals surface area contributed by atoms with Crippen LogP contribution in [-0.4, -0.2) is 9.78 Å². The van der Waals surface area contributed by atoms with Crippen molar-refractivity contribution in [2.75, 3.05) is 5.32 Å². The molecule has 0 amide bonds. The predicted octanol–water partition coefficient (Wildman–Crippen LogP) is 4.30. The number of nitrogens with zero attached hydrogens (tertiary/aromatic N) is 2. The third kappa shape index (κ3) is 3.11. The number of halogens is 1. The third-order valence-corrected chi connectivity index (χ3v) is 4.12. The molecule has 0 radical (unpaired) electrons. The average molecular weight is 369 g/mol. The SMILES string of the molecule is CCn1nc(C)c(C(C)Nc2ccc(I)cc2)c1C. The number of anilines is 1. The first kappa shape index (κ1) is 14.4. The summed E-state index contributed by atoms with van der Waals surface area (Å²) in [5.74, 6) is 0.